The van der Waals surface area contributed by atoms with Crippen LogP contribution in [0.5, 0.6) is 5.75 Å². The van der Waals surface area contributed by atoms with E-state index >= 15 is 0 Å². The maximum atomic E-state index is 12.3. The third kappa shape index (κ3) is 5.67. The van der Waals surface area contributed by atoms with E-state index in [1.807, 2.05) is 43.3 Å². The number of carbonyl (C=O) groups is 1. The minimum absolute atomic E-state index is 0.126. The number of aryl methyl sites for hydroxylation is 1. The van der Waals surface area contributed by atoms with Crippen molar-refractivity contribution in [3.63, 3.8) is 0 Å². The van der Waals surface area contributed by atoms with Crippen LogP contribution in [0.2, 0.25) is 0 Å². The number of benzene rings is 2. The van der Waals surface area contributed by atoms with Gasteiger partial charge in [-0.25, -0.2) is 0 Å². The summed E-state index contributed by atoms with van der Waals surface area (Å²) in [5.74, 6) is 2.00. The van der Waals surface area contributed by atoms with Crippen molar-refractivity contribution >= 4 is 11.6 Å². The number of hydrogen-bond donors (Lipinski definition) is 1. The number of amides is 1. The molecule has 0 spiro atoms. The summed E-state index contributed by atoms with van der Waals surface area (Å²) in [6, 6.07) is 15.5. The number of ether oxygens (including phenoxy) is 1. The smallest absolute Gasteiger partial charge is 0.227 e. The van der Waals surface area contributed by atoms with Gasteiger partial charge in [0.2, 0.25) is 17.6 Å². The van der Waals surface area contributed by atoms with E-state index in [1.54, 1.807) is 0 Å². The first-order valence-electron chi connectivity index (χ1n) is 10.0. The summed E-state index contributed by atoms with van der Waals surface area (Å²) in [6.07, 6.45) is 1.53. The molecule has 3 rings (SSSR count). The summed E-state index contributed by atoms with van der Waals surface area (Å²) >= 11 is 0. The third-order valence-electron chi connectivity index (χ3n) is 4.49. The average Bonchev–Trinajstić information content (AvgIpc) is 3.21. The van der Waals surface area contributed by atoms with Gasteiger partial charge in [0.25, 0.3) is 0 Å². The first kappa shape index (κ1) is 20.6. The number of hydrogen-bond acceptors (Lipinski definition) is 5. The quantitative estimate of drug-likeness (QED) is 0.539. The number of nitrogens with one attached hydrogen (secondary N) is 1. The molecule has 29 heavy (non-hydrogen) atoms. The van der Waals surface area contributed by atoms with Gasteiger partial charge in [0, 0.05) is 18.4 Å². The molecule has 2 aromatic carbocycles. The van der Waals surface area contributed by atoms with Gasteiger partial charge in [-0.2, -0.15) is 4.98 Å². The third-order valence-corrected chi connectivity index (χ3v) is 4.49. The van der Waals surface area contributed by atoms with Crippen molar-refractivity contribution in [2.75, 3.05) is 11.9 Å². The Kier molecular flexibility index (Phi) is 7.00. The van der Waals surface area contributed by atoms with Gasteiger partial charge in [-0.3, -0.25) is 4.79 Å². The zero-order chi connectivity index (χ0) is 20.6. The minimum Gasteiger partial charge on any atom is -0.491 e. The SMILES string of the molecule is CCCOc1ccccc1NC(=O)CCc1nc(-c2ccc(C(C)C)cc2)no1. The van der Waals surface area contributed by atoms with E-state index in [2.05, 4.69) is 41.4 Å². The molecule has 0 fully saturated rings. The summed E-state index contributed by atoms with van der Waals surface area (Å²) in [4.78, 5) is 16.7. The zero-order valence-electron chi connectivity index (χ0n) is 17.1. The Morgan fingerprint density at radius 2 is 1.90 bits per heavy atom. The van der Waals surface area contributed by atoms with Crippen molar-refractivity contribution in [1.82, 2.24) is 10.1 Å². The lowest BCUT2D eigenvalue weighted by atomic mass is 10.0. The molecule has 0 saturated carbocycles. The Morgan fingerprint density at radius 3 is 2.62 bits per heavy atom. The molecule has 3 aromatic rings. The number of rotatable bonds is 9. The van der Waals surface area contributed by atoms with E-state index in [9.17, 15) is 4.79 Å². The molecular formula is C23H27N3O3. The van der Waals surface area contributed by atoms with Crippen molar-refractivity contribution in [3.8, 4) is 17.1 Å². The highest BCUT2D eigenvalue weighted by Crippen LogP contribution is 2.24. The molecule has 1 heterocycles. The van der Waals surface area contributed by atoms with Crippen LogP contribution in [0.4, 0.5) is 5.69 Å². The van der Waals surface area contributed by atoms with Gasteiger partial charge < -0.3 is 14.6 Å². The largest absolute Gasteiger partial charge is 0.491 e. The fraction of sp³-hybridized carbons (Fsp3) is 0.348. The molecule has 1 amide bonds. The molecule has 6 nitrogen and oxygen atoms in total. The van der Waals surface area contributed by atoms with Crippen molar-refractivity contribution in [3.05, 3.63) is 60.0 Å². The van der Waals surface area contributed by atoms with Gasteiger partial charge in [-0.05, 0) is 30.0 Å². The molecule has 0 aliphatic rings. The summed E-state index contributed by atoms with van der Waals surface area (Å²) in [6.45, 7) is 6.95. The van der Waals surface area contributed by atoms with Gasteiger partial charge in [0.05, 0.1) is 12.3 Å². The topological polar surface area (TPSA) is 77.2 Å². The second kappa shape index (κ2) is 9.87. The van der Waals surface area contributed by atoms with Crippen molar-refractivity contribution < 1.29 is 14.1 Å². The Bertz CT molecular complexity index is 933. The van der Waals surface area contributed by atoms with Gasteiger partial charge in [0.1, 0.15) is 5.75 Å². The number of aromatic nitrogens is 2. The van der Waals surface area contributed by atoms with Gasteiger partial charge in [0.15, 0.2) is 0 Å². The summed E-state index contributed by atoms with van der Waals surface area (Å²) < 4.78 is 11.0. The molecule has 1 aromatic heterocycles. The lowest BCUT2D eigenvalue weighted by Crippen LogP contribution is -2.13. The monoisotopic (exact) mass is 393 g/mol. The normalized spacial score (nSPS) is 10.9. The van der Waals surface area contributed by atoms with Crippen molar-refractivity contribution in [1.29, 1.82) is 0 Å². The highest BCUT2D eigenvalue weighted by Gasteiger charge is 2.12. The molecule has 0 atom stereocenters. The summed E-state index contributed by atoms with van der Waals surface area (Å²) in [5.41, 5.74) is 2.83. The van der Waals surface area contributed by atoms with Gasteiger partial charge in [-0.15, -0.1) is 0 Å². The molecular weight excluding hydrogens is 366 g/mol. The second-order valence-corrected chi connectivity index (χ2v) is 7.18. The van der Waals surface area contributed by atoms with Crippen LogP contribution >= 0.6 is 0 Å². The van der Waals surface area contributed by atoms with E-state index in [4.69, 9.17) is 9.26 Å². The second-order valence-electron chi connectivity index (χ2n) is 7.18. The lowest BCUT2D eigenvalue weighted by Gasteiger charge is -2.11. The fourth-order valence-corrected chi connectivity index (χ4v) is 2.83. The van der Waals surface area contributed by atoms with Crippen LogP contribution in [0.1, 0.15) is 51.0 Å². The highest BCUT2D eigenvalue weighted by molar-refractivity contribution is 5.92. The van der Waals surface area contributed by atoms with Gasteiger partial charge >= 0.3 is 0 Å². The molecule has 0 saturated heterocycles. The van der Waals surface area contributed by atoms with E-state index in [0.717, 1.165) is 12.0 Å². The van der Waals surface area contributed by atoms with E-state index in [1.165, 1.54) is 5.56 Å². The van der Waals surface area contributed by atoms with Crippen LogP contribution in [-0.2, 0) is 11.2 Å². The van der Waals surface area contributed by atoms with Crippen LogP contribution in [-0.4, -0.2) is 22.7 Å². The van der Waals surface area contributed by atoms with Crippen molar-refractivity contribution in [2.45, 2.75) is 46.0 Å². The average molecular weight is 393 g/mol. The maximum absolute atomic E-state index is 12.3. The first-order valence-corrected chi connectivity index (χ1v) is 10.0. The first-order chi connectivity index (χ1) is 14.1. The van der Waals surface area contributed by atoms with Gasteiger partial charge in [-0.1, -0.05) is 62.3 Å². The van der Waals surface area contributed by atoms with Crippen LogP contribution in [0.25, 0.3) is 11.4 Å². The fourth-order valence-electron chi connectivity index (χ4n) is 2.83. The van der Waals surface area contributed by atoms with E-state index in [0.29, 0.717) is 42.1 Å². The molecule has 0 radical (unpaired) electrons. The summed E-state index contributed by atoms with van der Waals surface area (Å²) in [5, 5.41) is 6.92. The Balaban J connectivity index is 1.56. The number of nitrogens with zero attached hydrogens (tertiary/aromatic N) is 2. The van der Waals surface area contributed by atoms with Crippen LogP contribution in [0.15, 0.2) is 53.1 Å². The zero-order valence-corrected chi connectivity index (χ0v) is 17.1. The molecule has 0 bridgehead atoms. The van der Waals surface area contributed by atoms with Crippen LogP contribution < -0.4 is 10.1 Å². The predicted octanol–water partition coefficient (Wildman–Crippen LogP) is 5.22. The van der Waals surface area contributed by atoms with Crippen LogP contribution in [0, 0.1) is 0 Å². The highest BCUT2D eigenvalue weighted by atomic mass is 16.5. The number of anilines is 1. The van der Waals surface area contributed by atoms with E-state index < -0.39 is 0 Å². The van der Waals surface area contributed by atoms with E-state index in [-0.39, 0.29) is 12.3 Å². The molecule has 1 N–H and O–H groups in total. The standard InChI is InChI=1S/C23H27N3O3/c1-4-15-28-20-8-6-5-7-19(20)24-21(27)13-14-22-25-23(26-29-22)18-11-9-17(10-12-18)16(2)3/h5-12,16H,4,13-15H2,1-3H3,(H,24,27). The molecule has 6 heteroatoms. The maximum Gasteiger partial charge on any atom is 0.227 e. The molecule has 0 unspecified atom stereocenters. The Hall–Kier alpha value is -3.15. The minimum atomic E-state index is -0.126. The van der Waals surface area contributed by atoms with Crippen molar-refractivity contribution in [2.24, 2.45) is 0 Å². The number of para-hydroxylation sites is 2. The van der Waals surface area contributed by atoms with Crippen LogP contribution in [0.3, 0.4) is 0 Å². The summed E-state index contributed by atoms with van der Waals surface area (Å²) in [7, 11) is 0. The molecule has 0 aliphatic carbocycles. The number of carbonyl (C=O) groups excluding carboxylic acids is 1. The Morgan fingerprint density at radius 1 is 1.14 bits per heavy atom. The molecule has 0 aliphatic heterocycles. The lowest BCUT2D eigenvalue weighted by molar-refractivity contribution is -0.116. The Labute approximate surface area is 171 Å². The predicted molar refractivity (Wildman–Crippen MR) is 113 cm³/mol. The molecule has 152 valence electrons.